The van der Waals surface area contributed by atoms with E-state index in [1.54, 1.807) is 0 Å². The van der Waals surface area contributed by atoms with E-state index in [-0.39, 0.29) is 5.15 Å². The summed E-state index contributed by atoms with van der Waals surface area (Å²) in [6.07, 6.45) is 1.42. The fourth-order valence-corrected chi connectivity index (χ4v) is 2.25. The number of para-hydroxylation sites is 1. The highest BCUT2D eigenvalue weighted by Crippen LogP contribution is 2.30. The number of aromatic nitrogens is 2. The van der Waals surface area contributed by atoms with Crippen LogP contribution in [0, 0.1) is 0 Å². The van der Waals surface area contributed by atoms with Gasteiger partial charge in [-0.25, -0.2) is 9.97 Å². The molecule has 0 aliphatic carbocycles. The zero-order valence-electron chi connectivity index (χ0n) is 10.2. The number of fused-ring (bicyclic) bond motifs is 1. The molecule has 0 atom stereocenters. The summed E-state index contributed by atoms with van der Waals surface area (Å²) in [6.45, 7) is 1.97. The molecule has 19 heavy (non-hydrogen) atoms. The van der Waals surface area contributed by atoms with Crippen molar-refractivity contribution in [2.45, 2.75) is 6.54 Å². The third-order valence-corrected chi connectivity index (χ3v) is 3.37. The number of rotatable bonds is 1. The highest BCUT2D eigenvalue weighted by Gasteiger charge is 2.19. The molecule has 0 saturated carbocycles. The van der Waals surface area contributed by atoms with Crippen LogP contribution in [0.25, 0.3) is 0 Å². The maximum absolute atomic E-state index is 5.94. The molecule has 2 aromatic rings. The van der Waals surface area contributed by atoms with E-state index in [4.69, 9.17) is 22.1 Å². The van der Waals surface area contributed by atoms with Gasteiger partial charge in [-0.05, 0) is 6.07 Å². The molecule has 0 fully saturated rings. The summed E-state index contributed by atoms with van der Waals surface area (Å²) in [5.41, 5.74) is 7.46. The molecule has 0 unspecified atom stereocenters. The first-order chi connectivity index (χ1) is 9.25. The quantitative estimate of drug-likeness (QED) is 0.808. The van der Waals surface area contributed by atoms with Gasteiger partial charge in [0.05, 0.1) is 6.54 Å². The van der Waals surface area contributed by atoms with Gasteiger partial charge in [-0.1, -0.05) is 29.8 Å². The lowest BCUT2D eigenvalue weighted by Gasteiger charge is -2.22. The Labute approximate surface area is 116 Å². The second-order valence-electron chi connectivity index (χ2n) is 4.28. The minimum absolute atomic E-state index is 0.281. The van der Waals surface area contributed by atoms with E-state index < -0.39 is 0 Å². The van der Waals surface area contributed by atoms with Crippen LogP contribution in [0.2, 0.25) is 5.15 Å². The molecule has 1 aromatic carbocycles. The first kappa shape index (κ1) is 12.0. The maximum atomic E-state index is 5.94. The Balaban J connectivity index is 1.96. The molecule has 6 heteroatoms. The first-order valence-corrected chi connectivity index (χ1v) is 6.35. The molecule has 2 heterocycles. The number of nitrogens with zero attached hydrogens (tertiary/aromatic N) is 3. The molecule has 0 bridgehead atoms. The van der Waals surface area contributed by atoms with Crippen LogP contribution < -0.4 is 15.4 Å². The number of nitrogens with two attached hydrogens (primary N) is 1. The fraction of sp³-hybridized carbons (Fsp3) is 0.231. The zero-order valence-corrected chi connectivity index (χ0v) is 11.0. The number of hydrogen-bond donors (Lipinski definition) is 1. The normalized spacial score (nSPS) is 14.5. The van der Waals surface area contributed by atoms with Crippen molar-refractivity contribution in [3.8, 4) is 5.75 Å². The van der Waals surface area contributed by atoms with Gasteiger partial charge in [0.25, 0.3) is 0 Å². The number of anilines is 2. The van der Waals surface area contributed by atoms with Crippen LogP contribution in [0.5, 0.6) is 5.75 Å². The summed E-state index contributed by atoms with van der Waals surface area (Å²) in [4.78, 5) is 10.2. The van der Waals surface area contributed by atoms with E-state index in [9.17, 15) is 0 Å². The van der Waals surface area contributed by atoms with E-state index in [1.165, 1.54) is 6.33 Å². The smallest absolute Gasteiger partial charge is 0.157 e. The molecule has 0 radical (unpaired) electrons. The van der Waals surface area contributed by atoms with Gasteiger partial charge in [0.1, 0.15) is 24.4 Å². The summed E-state index contributed by atoms with van der Waals surface area (Å²) < 4.78 is 5.71. The molecule has 0 amide bonds. The molecule has 1 aliphatic heterocycles. The van der Waals surface area contributed by atoms with Crippen LogP contribution >= 0.6 is 11.6 Å². The van der Waals surface area contributed by atoms with E-state index >= 15 is 0 Å². The molecule has 3 rings (SSSR count). The molecule has 0 spiro atoms. The van der Waals surface area contributed by atoms with Crippen molar-refractivity contribution in [2.24, 2.45) is 0 Å². The van der Waals surface area contributed by atoms with Gasteiger partial charge in [-0.2, -0.15) is 0 Å². The molecule has 98 valence electrons. The van der Waals surface area contributed by atoms with Crippen LogP contribution in [0.15, 0.2) is 30.6 Å². The summed E-state index contributed by atoms with van der Waals surface area (Å²) in [6, 6.07) is 7.95. The lowest BCUT2D eigenvalue weighted by molar-refractivity contribution is 0.331. The average molecular weight is 277 g/mol. The van der Waals surface area contributed by atoms with Gasteiger partial charge in [-0.3, -0.25) is 0 Å². The second-order valence-corrected chi connectivity index (χ2v) is 4.64. The maximum Gasteiger partial charge on any atom is 0.157 e. The Morgan fingerprint density at radius 3 is 3.00 bits per heavy atom. The van der Waals surface area contributed by atoms with Gasteiger partial charge in [0.2, 0.25) is 0 Å². The van der Waals surface area contributed by atoms with Crippen molar-refractivity contribution >= 4 is 23.1 Å². The molecule has 5 nitrogen and oxygen atoms in total. The largest absolute Gasteiger partial charge is 0.491 e. The number of benzene rings is 1. The van der Waals surface area contributed by atoms with Gasteiger partial charge >= 0.3 is 0 Å². The van der Waals surface area contributed by atoms with E-state index in [0.717, 1.165) is 11.3 Å². The highest BCUT2D eigenvalue weighted by atomic mass is 35.5. The van der Waals surface area contributed by atoms with Crippen molar-refractivity contribution in [1.82, 2.24) is 9.97 Å². The molecular formula is C13H13ClN4O. The first-order valence-electron chi connectivity index (χ1n) is 5.97. The third kappa shape index (κ3) is 2.29. The third-order valence-electron chi connectivity index (χ3n) is 3.07. The van der Waals surface area contributed by atoms with Crippen LogP contribution in [-0.4, -0.2) is 23.1 Å². The highest BCUT2D eigenvalue weighted by molar-refractivity contribution is 6.32. The minimum Gasteiger partial charge on any atom is -0.491 e. The average Bonchev–Trinajstić information content (AvgIpc) is 2.64. The van der Waals surface area contributed by atoms with Crippen molar-refractivity contribution < 1.29 is 4.74 Å². The van der Waals surface area contributed by atoms with Crippen LogP contribution in [0.3, 0.4) is 0 Å². The summed E-state index contributed by atoms with van der Waals surface area (Å²) in [5.74, 6) is 1.56. The van der Waals surface area contributed by atoms with E-state index in [0.29, 0.717) is 31.2 Å². The monoisotopic (exact) mass is 276 g/mol. The number of hydrogen-bond acceptors (Lipinski definition) is 5. The predicted octanol–water partition coefficient (Wildman–Crippen LogP) is 2.11. The van der Waals surface area contributed by atoms with Gasteiger partial charge in [-0.15, -0.1) is 0 Å². The molecule has 1 aromatic heterocycles. The standard InChI is InChI=1S/C13H13ClN4O/c14-12-11(15)13(17-8-16-12)18-5-6-19-10-4-2-1-3-9(10)7-18/h1-4,8H,5-7,15H2. The zero-order chi connectivity index (χ0) is 13.2. The molecule has 0 saturated heterocycles. The van der Waals surface area contributed by atoms with Crippen molar-refractivity contribution in [2.75, 3.05) is 23.8 Å². The molecule has 2 N–H and O–H groups in total. The Morgan fingerprint density at radius 1 is 1.26 bits per heavy atom. The summed E-state index contributed by atoms with van der Waals surface area (Å²) >= 11 is 5.94. The Kier molecular flexibility index (Phi) is 3.13. The number of halogens is 1. The van der Waals surface area contributed by atoms with E-state index in [1.807, 2.05) is 24.3 Å². The van der Waals surface area contributed by atoms with Crippen molar-refractivity contribution in [3.63, 3.8) is 0 Å². The lowest BCUT2D eigenvalue weighted by atomic mass is 10.2. The van der Waals surface area contributed by atoms with Crippen molar-refractivity contribution in [1.29, 1.82) is 0 Å². The minimum atomic E-state index is 0.281. The van der Waals surface area contributed by atoms with Gasteiger partial charge in [0, 0.05) is 12.1 Å². The summed E-state index contributed by atoms with van der Waals surface area (Å²) in [7, 11) is 0. The Morgan fingerprint density at radius 2 is 2.11 bits per heavy atom. The predicted molar refractivity (Wildman–Crippen MR) is 74.4 cm³/mol. The van der Waals surface area contributed by atoms with Crippen molar-refractivity contribution in [3.05, 3.63) is 41.3 Å². The molecule has 1 aliphatic rings. The summed E-state index contributed by atoms with van der Waals surface area (Å²) in [5, 5.41) is 0.281. The molecular weight excluding hydrogens is 264 g/mol. The lowest BCUT2D eigenvalue weighted by Crippen LogP contribution is -2.27. The number of nitrogen functional groups attached to an aromatic ring is 1. The number of ether oxygens (including phenoxy) is 1. The van der Waals surface area contributed by atoms with Gasteiger partial charge < -0.3 is 15.4 Å². The van der Waals surface area contributed by atoms with Crippen LogP contribution in [-0.2, 0) is 6.54 Å². The van der Waals surface area contributed by atoms with E-state index in [2.05, 4.69) is 14.9 Å². The van der Waals surface area contributed by atoms with Crippen LogP contribution in [0.4, 0.5) is 11.5 Å². The van der Waals surface area contributed by atoms with Gasteiger partial charge in [0.15, 0.2) is 11.0 Å². The fourth-order valence-electron chi connectivity index (χ4n) is 2.12. The SMILES string of the molecule is Nc1c(Cl)ncnc1N1CCOc2ccccc2C1. The second kappa shape index (κ2) is 4.93. The van der Waals surface area contributed by atoms with Crippen LogP contribution in [0.1, 0.15) is 5.56 Å². The topological polar surface area (TPSA) is 64.3 Å². The Hall–Kier alpha value is -2.01. The Bertz CT molecular complexity index is 605.